The average molecular weight is 460 g/mol. The maximum Gasteiger partial charge on any atom is 0.534 e. The second-order valence-corrected chi connectivity index (χ2v) is 8.68. The van der Waals surface area contributed by atoms with Crippen molar-refractivity contribution in [3.05, 3.63) is 39.6 Å². The van der Waals surface area contributed by atoms with Gasteiger partial charge in [0.05, 0.1) is 17.2 Å². The first-order chi connectivity index (χ1) is 12.9. The summed E-state index contributed by atoms with van der Waals surface area (Å²) in [6, 6.07) is 2.65. The molecule has 1 saturated heterocycles. The van der Waals surface area contributed by atoms with Crippen LogP contribution in [-0.2, 0) is 19.1 Å². The predicted molar refractivity (Wildman–Crippen MR) is 94.6 cm³/mol. The van der Waals surface area contributed by atoms with Gasteiger partial charge in [-0.1, -0.05) is 23.2 Å². The summed E-state index contributed by atoms with van der Waals surface area (Å²) in [5.74, 6) is -1.01. The summed E-state index contributed by atoms with van der Waals surface area (Å²) < 4.78 is 69.4. The van der Waals surface area contributed by atoms with E-state index in [9.17, 15) is 26.4 Å². The van der Waals surface area contributed by atoms with E-state index in [4.69, 9.17) is 27.9 Å². The summed E-state index contributed by atoms with van der Waals surface area (Å²) in [6.45, 7) is 0.232. The van der Waals surface area contributed by atoms with Crippen LogP contribution in [0.15, 0.2) is 24.0 Å². The third-order valence-electron chi connectivity index (χ3n) is 4.64. The molecule has 2 atom stereocenters. The lowest BCUT2D eigenvalue weighted by atomic mass is 9.94. The number of alkyl halides is 3. The molecule has 2 aliphatic rings. The zero-order chi connectivity index (χ0) is 20.9. The summed E-state index contributed by atoms with van der Waals surface area (Å²) >= 11 is 12.4. The molecule has 2 aliphatic heterocycles. The highest BCUT2D eigenvalue weighted by atomic mass is 35.5. The van der Waals surface area contributed by atoms with E-state index in [1.165, 1.54) is 12.0 Å². The molecule has 0 radical (unpaired) electrons. The Bertz CT molecular complexity index is 948. The molecule has 1 fully saturated rings. The summed E-state index contributed by atoms with van der Waals surface area (Å²) in [5, 5.41) is 0.564. The van der Waals surface area contributed by atoms with Crippen molar-refractivity contribution in [3.8, 4) is 5.75 Å². The van der Waals surface area contributed by atoms with E-state index in [0.717, 1.165) is 6.08 Å². The molecule has 0 unspecified atom stereocenters. The Balaban J connectivity index is 1.84. The fourth-order valence-electron chi connectivity index (χ4n) is 3.45. The molecule has 0 saturated carbocycles. The highest BCUT2D eigenvalue weighted by Gasteiger charge is 2.50. The number of benzene rings is 1. The monoisotopic (exact) mass is 459 g/mol. The number of amides is 1. The van der Waals surface area contributed by atoms with Crippen LogP contribution < -0.4 is 4.74 Å². The quantitative estimate of drug-likeness (QED) is 0.505. The highest BCUT2D eigenvalue weighted by Crippen LogP contribution is 2.45. The molecule has 0 N–H and O–H groups in total. The maximum atomic E-state index is 12.5. The van der Waals surface area contributed by atoms with Crippen LogP contribution in [0.3, 0.4) is 0 Å². The second-order valence-electron chi connectivity index (χ2n) is 6.35. The van der Waals surface area contributed by atoms with Gasteiger partial charge in [-0.05, 0) is 18.6 Å². The Morgan fingerprint density at radius 2 is 1.93 bits per heavy atom. The molecule has 1 amide bonds. The molecule has 0 aliphatic carbocycles. The van der Waals surface area contributed by atoms with Gasteiger partial charge in [-0.2, -0.15) is 21.6 Å². The molecule has 6 nitrogen and oxygen atoms in total. The van der Waals surface area contributed by atoms with Crippen LogP contribution >= 0.6 is 23.2 Å². The van der Waals surface area contributed by atoms with E-state index < -0.39 is 33.3 Å². The molecular formula is C16H14Cl2F3NO5S. The van der Waals surface area contributed by atoms with Crippen molar-refractivity contribution in [2.75, 3.05) is 13.7 Å². The van der Waals surface area contributed by atoms with E-state index in [1.54, 1.807) is 12.1 Å². The van der Waals surface area contributed by atoms with Gasteiger partial charge in [0.25, 0.3) is 0 Å². The fraction of sp³-hybridized carbons (Fsp3) is 0.438. The van der Waals surface area contributed by atoms with Gasteiger partial charge in [0, 0.05) is 36.6 Å². The number of fused-ring (bicyclic) bond motifs is 1. The molecule has 3 rings (SSSR count). The number of ether oxygens (including phenoxy) is 1. The van der Waals surface area contributed by atoms with Crippen molar-refractivity contribution in [2.45, 2.75) is 30.3 Å². The highest BCUT2D eigenvalue weighted by molar-refractivity contribution is 7.87. The Labute approximate surface area is 168 Å². The Kier molecular flexibility index (Phi) is 5.50. The van der Waals surface area contributed by atoms with Gasteiger partial charge >= 0.3 is 15.6 Å². The van der Waals surface area contributed by atoms with Gasteiger partial charge in [-0.15, -0.1) is 0 Å². The lowest BCUT2D eigenvalue weighted by Gasteiger charge is -2.28. The van der Waals surface area contributed by atoms with Gasteiger partial charge in [-0.25, -0.2) is 0 Å². The number of nitrogens with zero attached hydrogens (tertiary/aromatic N) is 1. The van der Waals surface area contributed by atoms with E-state index >= 15 is 0 Å². The molecule has 154 valence electrons. The predicted octanol–water partition coefficient (Wildman–Crippen LogP) is 3.84. The van der Waals surface area contributed by atoms with Crippen LogP contribution in [0.1, 0.15) is 24.3 Å². The molecule has 0 aromatic heterocycles. The Morgan fingerprint density at radius 3 is 2.54 bits per heavy atom. The number of carbonyl (C=O) groups excluding carboxylic acids is 1. The summed E-state index contributed by atoms with van der Waals surface area (Å²) in [4.78, 5) is 13.7. The molecule has 0 bridgehead atoms. The number of carbonyl (C=O) groups is 1. The lowest BCUT2D eigenvalue weighted by molar-refractivity contribution is -0.128. The molecule has 1 aromatic rings. The van der Waals surface area contributed by atoms with Gasteiger partial charge < -0.3 is 13.8 Å². The van der Waals surface area contributed by atoms with E-state index in [1.807, 2.05) is 0 Å². The van der Waals surface area contributed by atoms with Crippen LogP contribution in [-0.4, -0.2) is 44.4 Å². The Morgan fingerprint density at radius 1 is 1.25 bits per heavy atom. The average Bonchev–Trinajstić information content (AvgIpc) is 2.99. The summed E-state index contributed by atoms with van der Waals surface area (Å²) in [5.41, 5.74) is -4.99. The third kappa shape index (κ3) is 3.77. The van der Waals surface area contributed by atoms with Crippen molar-refractivity contribution in [1.82, 2.24) is 4.90 Å². The van der Waals surface area contributed by atoms with Gasteiger partial charge in [0.1, 0.15) is 11.5 Å². The minimum Gasteiger partial charge on any atom is -0.496 e. The van der Waals surface area contributed by atoms with Crippen LogP contribution in [0, 0.1) is 0 Å². The van der Waals surface area contributed by atoms with E-state index in [0.29, 0.717) is 22.8 Å². The first-order valence-corrected chi connectivity index (χ1v) is 10.1. The SMILES string of the molecule is COc1ccc(Cl)c(Cl)c1[C@H]1C[C@H]2CC(OS(=O)(=O)C(F)(F)F)=CC(=O)N2C1. The Hall–Kier alpha value is -1.65. The molecule has 28 heavy (non-hydrogen) atoms. The van der Waals surface area contributed by atoms with Crippen LogP contribution in [0.5, 0.6) is 5.75 Å². The minimum atomic E-state index is -5.84. The first kappa shape index (κ1) is 21.1. The van der Waals surface area contributed by atoms with Crippen LogP contribution in [0.4, 0.5) is 13.2 Å². The van der Waals surface area contributed by atoms with Gasteiger partial charge in [0.15, 0.2) is 0 Å². The normalized spacial score (nSPS) is 22.7. The second kappa shape index (κ2) is 7.31. The number of hydrogen-bond acceptors (Lipinski definition) is 5. The van der Waals surface area contributed by atoms with E-state index in [-0.39, 0.29) is 23.9 Å². The zero-order valence-corrected chi connectivity index (χ0v) is 16.6. The lowest BCUT2D eigenvalue weighted by Crippen LogP contribution is -2.39. The zero-order valence-electron chi connectivity index (χ0n) is 14.3. The van der Waals surface area contributed by atoms with Gasteiger partial charge in [0.2, 0.25) is 5.91 Å². The van der Waals surface area contributed by atoms with Crippen molar-refractivity contribution >= 4 is 39.2 Å². The minimum absolute atomic E-state index is 0.169. The van der Waals surface area contributed by atoms with Crippen LogP contribution in [0.2, 0.25) is 10.0 Å². The number of halogens is 5. The number of hydrogen-bond donors (Lipinski definition) is 0. The molecule has 2 heterocycles. The number of methoxy groups -OCH3 is 1. The molecular weight excluding hydrogens is 446 g/mol. The van der Waals surface area contributed by atoms with E-state index in [2.05, 4.69) is 4.18 Å². The summed E-state index contributed by atoms with van der Waals surface area (Å²) in [6.07, 6.45) is 0.923. The van der Waals surface area contributed by atoms with Crippen molar-refractivity contribution in [2.24, 2.45) is 0 Å². The third-order valence-corrected chi connectivity index (χ3v) is 6.46. The summed E-state index contributed by atoms with van der Waals surface area (Å²) in [7, 11) is -4.39. The van der Waals surface area contributed by atoms with Crippen molar-refractivity contribution in [1.29, 1.82) is 0 Å². The van der Waals surface area contributed by atoms with Crippen LogP contribution in [0.25, 0.3) is 0 Å². The smallest absolute Gasteiger partial charge is 0.496 e. The van der Waals surface area contributed by atoms with Crippen molar-refractivity contribution in [3.63, 3.8) is 0 Å². The largest absolute Gasteiger partial charge is 0.534 e. The number of rotatable bonds is 4. The molecule has 0 spiro atoms. The standard InChI is InChI=1S/C16H14Cl2F3NO5S/c1-26-12-3-2-11(17)15(18)14(12)8-4-9-5-10(6-13(23)22(9)7-8)27-28(24,25)16(19,20)21/h2-3,6,8-9H,4-5,7H2,1H3/t8-,9-/m0/s1. The maximum absolute atomic E-state index is 12.5. The van der Waals surface area contributed by atoms with Gasteiger partial charge in [-0.3, -0.25) is 4.79 Å². The first-order valence-electron chi connectivity index (χ1n) is 7.98. The topological polar surface area (TPSA) is 72.9 Å². The molecule has 1 aromatic carbocycles. The fourth-order valence-corrected chi connectivity index (χ4v) is 4.42. The van der Waals surface area contributed by atoms with Crippen molar-refractivity contribution < 1.29 is 35.3 Å². The molecule has 12 heteroatoms.